The Morgan fingerprint density at radius 1 is 1.39 bits per heavy atom. The monoisotopic (exact) mass is 388 g/mol. The number of hydrogen-bond acceptors (Lipinski definition) is 2. The Morgan fingerprint density at radius 3 is 2.50 bits per heavy atom. The van der Waals surface area contributed by atoms with Gasteiger partial charge in [-0.1, -0.05) is 0 Å². The van der Waals surface area contributed by atoms with Crippen LogP contribution in [0, 0.1) is 3.57 Å². The SMILES string of the molecule is CC(=O)NC(=S)Nc1ccc(I)cc1C(F)(F)F. The third-order valence-electron chi connectivity index (χ3n) is 1.82. The lowest BCUT2D eigenvalue weighted by Crippen LogP contribution is -2.32. The first-order valence-corrected chi connectivity index (χ1v) is 6.14. The maximum absolute atomic E-state index is 12.8. The Bertz CT molecular complexity index is 491. The second-order valence-electron chi connectivity index (χ2n) is 3.32. The topological polar surface area (TPSA) is 41.1 Å². The molecule has 0 aliphatic carbocycles. The summed E-state index contributed by atoms with van der Waals surface area (Å²) < 4.78 is 38.8. The van der Waals surface area contributed by atoms with Gasteiger partial charge in [-0.25, -0.2) is 0 Å². The van der Waals surface area contributed by atoms with Crippen LogP contribution in [0.3, 0.4) is 0 Å². The molecule has 0 bridgehead atoms. The van der Waals surface area contributed by atoms with Gasteiger partial charge in [0, 0.05) is 10.5 Å². The normalized spacial score (nSPS) is 10.9. The van der Waals surface area contributed by atoms with E-state index in [-0.39, 0.29) is 10.8 Å². The van der Waals surface area contributed by atoms with E-state index in [0.717, 1.165) is 6.07 Å². The van der Waals surface area contributed by atoms with Crippen molar-refractivity contribution in [2.24, 2.45) is 0 Å². The van der Waals surface area contributed by atoms with Crippen LogP contribution in [-0.2, 0) is 11.0 Å². The zero-order valence-electron chi connectivity index (χ0n) is 9.06. The van der Waals surface area contributed by atoms with Crippen molar-refractivity contribution in [2.75, 3.05) is 5.32 Å². The number of alkyl halides is 3. The van der Waals surface area contributed by atoms with Gasteiger partial charge in [0.1, 0.15) is 0 Å². The summed E-state index contributed by atoms with van der Waals surface area (Å²) in [6.45, 7) is 1.21. The molecule has 98 valence electrons. The average Bonchev–Trinajstić information content (AvgIpc) is 2.17. The molecule has 0 unspecified atom stereocenters. The number of halogens is 4. The second-order valence-corrected chi connectivity index (χ2v) is 4.98. The van der Waals surface area contributed by atoms with Crippen LogP contribution in [0.15, 0.2) is 18.2 Å². The number of carbonyl (C=O) groups is 1. The maximum atomic E-state index is 12.8. The third-order valence-corrected chi connectivity index (χ3v) is 2.70. The fourth-order valence-corrected chi connectivity index (χ4v) is 1.92. The number of nitrogens with one attached hydrogen (secondary N) is 2. The van der Waals surface area contributed by atoms with Gasteiger partial charge in [0.25, 0.3) is 0 Å². The predicted octanol–water partition coefficient (Wildman–Crippen LogP) is 3.14. The fourth-order valence-electron chi connectivity index (χ4n) is 1.17. The minimum Gasteiger partial charge on any atom is -0.332 e. The number of hydrogen-bond donors (Lipinski definition) is 2. The van der Waals surface area contributed by atoms with E-state index < -0.39 is 17.6 Å². The Labute approximate surface area is 120 Å². The minimum atomic E-state index is -4.49. The number of anilines is 1. The molecule has 0 aromatic heterocycles. The van der Waals surface area contributed by atoms with E-state index in [2.05, 4.69) is 10.6 Å². The van der Waals surface area contributed by atoms with E-state index in [0.29, 0.717) is 3.57 Å². The van der Waals surface area contributed by atoms with Crippen molar-refractivity contribution in [1.82, 2.24) is 5.32 Å². The highest BCUT2D eigenvalue weighted by atomic mass is 127. The standard InChI is InChI=1S/C10H8F3IN2OS/c1-5(17)15-9(18)16-8-3-2-6(14)4-7(8)10(11,12)13/h2-4H,1H3,(H2,15,16,17,18). The van der Waals surface area contributed by atoms with Gasteiger partial charge < -0.3 is 10.6 Å². The summed E-state index contributed by atoms with van der Waals surface area (Å²) in [6.07, 6.45) is -4.49. The van der Waals surface area contributed by atoms with Crippen molar-refractivity contribution in [1.29, 1.82) is 0 Å². The van der Waals surface area contributed by atoms with Crippen LogP contribution in [-0.4, -0.2) is 11.0 Å². The third kappa shape index (κ3) is 4.41. The van der Waals surface area contributed by atoms with E-state index in [1.165, 1.54) is 19.1 Å². The van der Waals surface area contributed by atoms with Crippen molar-refractivity contribution >= 4 is 51.5 Å². The van der Waals surface area contributed by atoms with Gasteiger partial charge in [0.15, 0.2) is 5.11 Å². The van der Waals surface area contributed by atoms with Gasteiger partial charge in [0.2, 0.25) is 5.91 Å². The van der Waals surface area contributed by atoms with Crippen LogP contribution in [0.5, 0.6) is 0 Å². The lowest BCUT2D eigenvalue weighted by Gasteiger charge is -2.15. The molecule has 3 nitrogen and oxygen atoms in total. The molecule has 18 heavy (non-hydrogen) atoms. The van der Waals surface area contributed by atoms with Gasteiger partial charge in [-0.15, -0.1) is 0 Å². The lowest BCUT2D eigenvalue weighted by molar-refractivity contribution is -0.137. The summed E-state index contributed by atoms with van der Waals surface area (Å²) >= 11 is 6.50. The number of thiocarbonyl (C=S) groups is 1. The van der Waals surface area contributed by atoms with E-state index in [1.54, 1.807) is 22.6 Å². The number of benzene rings is 1. The molecule has 1 rings (SSSR count). The minimum absolute atomic E-state index is 0.172. The Balaban J connectivity index is 3.02. The van der Waals surface area contributed by atoms with Crippen molar-refractivity contribution in [3.8, 4) is 0 Å². The van der Waals surface area contributed by atoms with Gasteiger partial charge in [-0.2, -0.15) is 13.2 Å². The molecule has 2 N–H and O–H groups in total. The second kappa shape index (κ2) is 5.83. The molecule has 0 spiro atoms. The highest BCUT2D eigenvalue weighted by Crippen LogP contribution is 2.35. The maximum Gasteiger partial charge on any atom is 0.418 e. The molecular formula is C10H8F3IN2OS. The molecule has 0 saturated heterocycles. The number of amides is 1. The predicted molar refractivity (Wildman–Crippen MR) is 74.2 cm³/mol. The van der Waals surface area contributed by atoms with Gasteiger partial charge in [0.05, 0.1) is 11.3 Å². The quantitative estimate of drug-likeness (QED) is 0.574. The first-order chi connectivity index (χ1) is 8.20. The molecule has 0 aliphatic rings. The number of rotatable bonds is 1. The first kappa shape index (κ1) is 15.2. The first-order valence-electron chi connectivity index (χ1n) is 4.65. The lowest BCUT2D eigenvalue weighted by atomic mass is 10.1. The van der Waals surface area contributed by atoms with Crippen molar-refractivity contribution in [3.05, 3.63) is 27.3 Å². The smallest absolute Gasteiger partial charge is 0.332 e. The summed E-state index contributed by atoms with van der Waals surface area (Å²) in [5, 5.41) is 4.38. The Morgan fingerprint density at radius 2 is 2.00 bits per heavy atom. The molecule has 1 amide bonds. The van der Waals surface area contributed by atoms with Crippen molar-refractivity contribution in [3.63, 3.8) is 0 Å². The summed E-state index contributed by atoms with van der Waals surface area (Å²) in [5.74, 6) is -0.452. The van der Waals surface area contributed by atoms with Gasteiger partial charge in [-0.3, -0.25) is 4.79 Å². The van der Waals surface area contributed by atoms with Crippen LogP contribution >= 0.6 is 34.8 Å². The molecule has 1 aromatic rings. The van der Waals surface area contributed by atoms with E-state index >= 15 is 0 Å². The zero-order valence-corrected chi connectivity index (χ0v) is 12.0. The van der Waals surface area contributed by atoms with E-state index in [4.69, 9.17) is 12.2 Å². The zero-order chi connectivity index (χ0) is 13.9. The van der Waals surface area contributed by atoms with Crippen molar-refractivity contribution in [2.45, 2.75) is 13.1 Å². The molecule has 8 heteroatoms. The Kier molecular flexibility index (Phi) is 4.91. The molecule has 0 aliphatic heterocycles. The molecule has 0 atom stereocenters. The summed E-state index contributed by atoms with van der Waals surface area (Å²) in [5.41, 5.74) is -1.02. The van der Waals surface area contributed by atoms with Gasteiger partial charge >= 0.3 is 6.18 Å². The highest BCUT2D eigenvalue weighted by Gasteiger charge is 2.33. The molecule has 0 radical (unpaired) electrons. The van der Waals surface area contributed by atoms with Crippen LogP contribution in [0.2, 0.25) is 0 Å². The molecule has 0 saturated carbocycles. The molecular weight excluding hydrogens is 380 g/mol. The molecule has 0 heterocycles. The van der Waals surface area contributed by atoms with Crippen LogP contribution in [0.4, 0.5) is 18.9 Å². The molecule has 0 fully saturated rings. The van der Waals surface area contributed by atoms with E-state index in [9.17, 15) is 18.0 Å². The van der Waals surface area contributed by atoms with Crippen LogP contribution in [0.1, 0.15) is 12.5 Å². The van der Waals surface area contributed by atoms with Crippen LogP contribution < -0.4 is 10.6 Å². The van der Waals surface area contributed by atoms with Crippen LogP contribution in [0.25, 0.3) is 0 Å². The van der Waals surface area contributed by atoms with E-state index in [1.807, 2.05) is 0 Å². The summed E-state index contributed by atoms with van der Waals surface area (Å²) in [7, 11) is 0. The fraction of sp³-hybridized carbons (Fsp3) is 0.200. The van der Waals surface area contributed by atoms with Gasteiger partial charge in [-0.05, 0) is 53.0 Å². The Hall–Kier alpha value is -0.900. The average molecular weight is 388 g/mol. The highest BCUT2D eigenvalue weighted by molar-refractivity contribution is 14.1. The largest absolute Gasteiger partial charge is 0.418 e. The van der Waals surface area contributed by atoms with Crippen molar-refractivity contribution < 1.29 is 18.0 Å². The summed E-state index contributed by atoms with van der Waals surface area (Å²) in [6, 6.07) is 3.77. The number of carbonyl (C=O) groups excluding carboxylic acids is 1. The molecule has 1 aromatic carbocycles. The summed E-state index contributed by atoms with van der Waals surface area (Å²) in [4.78, 5) is 10.7.